The Labute approximate surface area is 91.3 Å². The zero-order valence-corrected chi connectivity index (χ0v) is 9.32. The summed E-state index contributed by atoms with van der Waals surface area (Å²) >= 11 is 0. The Hall–Kier alpha value is -1.09. The fourth-order valence-electron chi connectivity index (χ4n) is 2.27. The first-order chi connectivity index (χ1) is 7.35. The van der Waals surface area contributed by atoms with Crippen LogP contribution in [0.5, 0.6) is 0 Å². The molecule has 2 rings (SSSR count). The molecule has 1 aliphatic heterocycles. The van der Waals surface area contributed by atoms with Crippen molar-refractivity contribution in [2.75, 3.05) is 11.4 Å². The summed E-state index contributed by atoms with van der Waals surface area (Å²) < 4.78 is 0. The Morgan fingerprint density at radius 1 is 1.53 bits per heavy atom. The van der Waals surface area contributed by atoms with Crippen LogP contribution in [0.4, 0.5) is 5.82 Å². The lowest BCUT2D eigenvalue weighted by atomic mass is 10.2. The van der Waals surface area contributed by atoms with Crippen LogP contribution in [0.25, 0.3) is 0 Å². The van der Waals surface area contributed by atoms with E-state index in [9.17, 15) is 0 Å². The molecule has 0 spiro atoms. The minimum atomic E-state index is 0.574. The number of aromatic nitrogens is 1. The predicted octanol–water partition coefficient (Wildman–Crippen LogP) is 1.92. The normalized spacial score (nSPS) is 20.9. The quantitative estimate of drug-likeness (QED) is 0.819. The van der Waals surface area contributed by atoms with Gasteiger partial charge in [-0.15, -0.1) is 0 Å². The second-order valence-corrected chi connectivity index (χ2v) is 4.13. The van der Waals surface area contributed by atoms with Gasteiger partial charge in [0.15, 0.2) is 0 Å². The van der Waals surface area contributed by atoms with Gasteiger partial charge in [0.2, 0.25) is 0 Å². The van der Waals surface area contributed by atoms with Crippen molar-refractivity contribution in [3.63, 3.8) is 0 Å². The van der Waals surface area contributed by atoms with E-state index in [1.807, 2.05) is 6.20 Å². The van der Waals surface area contributed by atoms with Crippen molar-refractivity contribution >= 4 is 5.82 Å². The van der Waals surface area contributed by atoms with Crippen LogP contribution in [-0.2, 0) is 6.54 Å². The van der Waals surface area contributed by atoms with E-state index in [-0.39, 0.29) is 0 Å². The zero-order chi connectivity index (χ0) is 10.7. The first-order valence-electron chi connectivity index (χ1n) is 5.76. The number of hydrogen-bond acceptors (Lipinski definition) is 3. The smallest absolute Gasteiger partial charge is 0.128 e. The minimum absolute atomic E-state index is 0.574. The molecule has 0 radical (unpaired) electrons. The summed E-state index contributed by atoms with van der Waals surface area (Å²) in [5.74, 6) is 1.11. The standard InChI is InChI=1S/C12H19N3/c1-2-11-4-3-7-15(11)12-6-5-10(8-13)9-14-12/h5-6,9,11H,2-4,7-8,13H2,1H3. The van der Waals surface area contributed by atoms with E-state index in [1.165, 1.54) is 19.3 Å². The second kappa shape index (κ2) is 4.62. The van der Waals surface area contributed by atoms with Gasteiger partial charge in [0.1, 0.15) is 5.82 Å². The van der Waals surface area contributed by atoms with Crippen molar-refractivity contribution in [2.45, 2.75) is 38.8 Å². The molecular formula is C12H19N3. The van der Waals surface area contributed by atoms with E-state index in [4.69, 9.17) is 5.73 Å². The van der Waals surface area contributed by atoms with E-state index in [2.05, 4.69) is 28.9 Å². The van der Waals surface area contributed by atoms with Gasteiger partial charge in [0, 0.05) is 25.3 Å². The van der Waals surface area contributed by atoms with Crippen molar-refractivity contribution in [1.29, 1.82) is 0 Å². The molecule has 0 aromatic carbocycles. The van der Waals surface area contributed by atoms with E-state index in [0.717, 1.165) is 17.9 Å². The van der Waals surface area contributed by atoms with Crippen LogP contribution in [0.1, 0.15) is 31.7 Å². The molecule has 1 fully saturated rings. The Morgan fingerprint density at radius 3 is 3.00 bits per heavy atom. The maximum Gasteiger partial charge on any atom is 0.128 e. The van der Waals surface area contributed by atoms with Crippen LogP contribution >= 0.6 is 0 Å². The molecule has 0 amide bonds. The molecule has 15 heavy (non-hydrogen) atoms. The van der Waals surface area contributed by atoms with E-state index >= 15 is 0 Å². The SMILES string of the molecule is CCC1CCCN1c1ccc(CN)cn1. The lowest BCUT2D eigenvalue weighted by Crippen LogP contribution is -2.29. The third-order valence-electron chi connectivity index (χ3n) is 3.19. The summed E-state index contributed by atoms with van der Waals surface area (Å²) in [6.07, 6.45) is 5.69. The average Bonchev–Trinajstić information content (AvgIpc) is 2.77. The Morgan fingerprint density at radius 2 is 2.40 bits per heavy atom. The largest absolute Gasteiger partial charge is 0.354 e. The number of rotatable bonds is 3. The van der Waals surface area contributed by atoms with Gasteiger partial charge in [-0.2, -0.15) is 0 Å². The van der Waals surface area contributed by atoms with E-state index < -0.39 is 0 Å². The monoisotopic (exact) mass is 205 g/mol. The van der Waals surface area contributed by atoms with E-state index in [1.54, 1.807) is 0 Å². The molecule has 3 heteroatoms. The van der Waals surface area contributed by atoms with Gasteiger partial charge in [-0.25, -0.2) is 4.98 Å². The van der Waals surface area contributed by atoms with Gasteiger partial charge in [0.25, 0.3) is 0 Å². The van der Waals surface area contributed by atoms with Gasteiger partial charge in [-0.1, -0.05) is 13.0 Å². The fraction of sp³-hybridized carbons (Fsp3) is 0.583. The van der Waals surface area contributed by atoms with Gasteiger partial charge >= 0.3 is 0 Å². The lowest BCUT2D eigenvalue weighted by molar-refractivity contribution is 0.640. The van der Waals surface area contributed by atoms with Crippen molar-refractivity contribution in [2.24, 2.45) is 5.73 Å². The first kappa shape index (κ1) is 10.4. The molecule has 1 atom stereocenters. The number of pyridine rings is 1. The van der Waals surface area contributed by atoms with Gasteiger partial charge < -0.3 is 10.6 Å². The van der Waals surface area contributed by atoms with Crippen LogP contribution < -0.4 is 10.6 Å². The summed E-state index contributed by atoms with van der Waals surface area (Å²) in [6.45, 7) is 3.97. The second-order valence-electron chi connectivity index (χ2n) is 4.13. The van der Waals surface area contributed by atoms with Gasteiger partial charge in [-0.3, -0.25) is 0 Å². The fourth-order valence-corrected chi connectivity index (χ4v) is 2.27. The molecule has 1 saturated heterocycles. The average molecular weight is 205 g/mol. The maximum absolute atomic E-state index is 5.55. The Bertz CT molecular complexity index is 307. The van der Waals surface area contributed by atoms with Crippen molar-refractivity contribution in [3.05, 3.63) is 23.9 Å². The minimum Gasteiger partial charge on any atom is -0.354 e. The van der Waals surface area contributed by atoms with Crippen molar-refractivity contribution < 1.29 is 0 Å². The van der Waals surface area contributed by atoms with Crippen LogP contribution in [0, 0.1) is 0 Å². The zero-order valence-electron chi connectivity index (χ0n) is 9.32. The third kappa shape index (κ3) is 2.12. The molecule has 2 N–H and O–H groups in total. The molecule has 0 bridgehead atoms. The number of hydrogen-bond donors (Lipinski definition) is 1. The molecule has 2 heterocycles. The van der Waals surface area contributed by atoms with E-state index in [0.29, 0.717) is 12.6 Å². The summed E-state index contributed by atoms with van der Waals surface area (Å²) in [4.78, 5) is 6.89. The molecule has 1 aromatic rings. The first-order valence-corrected chi connectivity index (χ1v) is 5.76. The van der Waals surface area contributed by atoms with Crippen LogP contribution in [0.2, 0.25) is 0 Å². The molecule has 0 aliphatic carbocycles. The molecule has 1 aliphatic rings. The lowest BCUT2D eigenvalue weighted by Gasteiger charge is -2.24. The highest BCUT2D eigenvalue weighted by Gasteiger charge is 2.23. The maximum atomic E-state index is 5.55. The topological polar surface area (TPSA) is 42.1 Å². The molecular weight excluding hydrogens is 186 g/mol. The molecule has 0 saturated carbocycles. The summed E-state index contributed by atoms with van der Waals surface area (Å²) in [7, 11) is 0. The predicted molar refractivity (Wildman–Crippen MR) is 62.8 cm³/mol. The summed E-state index contributed by atoms with van der Waals surface area (Å²) in [5, 5.41) is 0. The highest BCUT2D eigenvalue weighted by atomic mass is 15.2. The summed E-state index contributed by atoms with van der Waals surface area (Å²) in [6, 6.07) is 4.85. The molecule has 82 valence electrons. The Balaban J connectivity index is 2.14. The van der Waals surface area contributed by atoms with Crippen LogP contribution in [0.15, 0.2) is 18.3 Å². The summed E-state index contributed by atoms with van der Waals surface area (Å²) in [5.41, 5.74) is 6.66. The van der Waals surface area contributed by atoms with Crippen molar-refractivity contribution in [1.82, 2.24) is 4.98 Å². The van der Waals surface area contributed by atoms with Gasteiger partial charge in [0.05, 0.1) is 0 Å². The highest BCUT2D eigenvalue weighted by Crippen LogP contribution is 2.25. The molecule has 1 aromatic heterocycles. The third-order valence-corrected chi connectivity index (χ3v) is 3.19. The highest BCUT2D eigenvalue weighted by molar-refractivity contribution is 5.41. The number of nitrogens with zero attached hydrogens (tertiary/aromatic N) is 2. The number of anilines is 1. The van der Waals surface area contributed by atoms with Crippen LogP contribution in [-0.4, -0.2) is 17.6 Å². The van der Waals surface area contributed by atoms with Crippen molar-refractivity contribution in [3.8, 4) is 0 Å². The van der Waals surface area contributed by atoms with Crippen LogP contribution in [0.3, 0.4) is 0 Å². The molecule has 3 nitrogen and oxygen atoms in total. The Kier molecular flexibility index (Phi) is 3.21. The van der Waals surface area contributed by atoms with Gasteiger partial charge in [-0.05, 0) is 30.9 Å². The number of nitrogens with two attached hydrogens (primary N) is 1. The molecule has 1 unspecified atom stereocenters.